The summed E-state index contributed by atoms with van der Waals surface area (Å²) >= 11 is 0. The summed E-state index contributed by atoms with van der Waals surface area (Å²) in [6.45, 7) is 4.72. The number of nitrogens with one attached hydrogen (secondary N) is 3. The fourth-order valence-corrected chi connectivity index (χ4v) is 4.35. The third-order valence-corrected chi connectivity index (χ3v) is 6.24. The topological polar surface area (TPSA) is 130 Å². The second-order valence-corrected chi connectivity index (χ2v) is 8.88. The molecule has 0 aliphatic carbocycles. The fourth-order valence-electron chi connectivity index (χ4n) is 4.35. The highest BCUT2D eigenvalue weighted by Crippen LogP contribution is 2.22. The van der Waals surface area contributed by atoms with Gasteiger partial charge in [-0.25, -0.2) is 4.79 Å². The number of piperidine rings is 1. The van der Waals surface area contributed by atoms with Crippen molar-refractivity contribution in [3.63, 3.8) is 0 Å². The number of carbonyl (C=O) groups excluding carboxylic acids is 4. The van der Waals surface area contributed by atoms with Crippen molar-refractivity contribution < 1.29 is 23.9 Å². The molecule has 2 saturated heterocycles. The van der Waals surface area contributed by atoms with Gasteiger partial charge in [-0.05, 0) is 50.3 Å². The number of nitrogens with zero attached hydrogens (tertiary/aromatic N) is 2. The second-order valence-electron chi connectivity index (χ2n) is 8.88. The Kier molecular flexibility index (Phi) is 8.37. The number of esters is 1. The molecule has 0 bridgehead atoms. The average Bonchev–Trinajstić information content (AvgIpc) is 3.37. The van der Waals surface area contributed by atoms with Crippen LogP contribution in [0.15, 0.2) is 24.5 Å². The standard InChI is InChI=1S/C23H33N5O5/c1-14(2)19(23(32)33-3)27-21(30)18-13-16(26-20(29)15-6-10-24-11-7-15)8-12-28(18)22(31)17-5-4-9-25-17/h6-7,10-11,14,16-19,25H,4-5,8-9,12-13H2,1-3H3,(H,26,29)(H,27,30)/t16-,17+,18-,19+/m0/s1. The van der Waals surface area contributed by atoms with Crippen LogP contribution in [-0.2, 0) is 19.1 Å². The zero-order chi connectivity index (χ0) is 24.0. The second kappa shape index (κ2) is 11.2. The molecule has 3 amide bonds. The number of amides is 3. The maximum atomic E-state index is 13.3. The molecule has 10 heteroatoms. The first-order valence-corrected chi connectivity index (χ1v) is 11.4. The summed E-state index contributed by atoms with van der Waals surface area (Å²) in [5.74, 6) is -1.52. The molecule has 3 heterocycles. The molecule has 4 atom stereocenters. The smallest absolute Gasteiger partial charge is 0.328 e. The maximum Gasteiger partial charge on any atom is 0.328 e. The van der Waals surface area contributed by atoms with Gasteiger partial charge in [0.25, 0.3) is 5.91 Å². The van der Waals surface area contributed by atoms with E-state index in [0.29, 0.717) is 18.5 Å². The molecule has 10 nitrogen and oxygen atoms in total. The Bertz CT molecular complexity index is 856. The zero-order valence-corrected chi connectivity index (χ0v) is 19.4. The molecule has 1 aromatic heterocycles. The summed E-state index contributed by atoms with van der Waals surface area (Å²) < 4.78 is 4.83. The number of methoxy groups -OCH3 is 1. The van der Waals surface area contributed by atoms with E-state index in [1.54, 1.807) is 29.4 Å². The van der Waals surface area contributed by atoms with Crippen LogP contribution in [0.2, 0.25) is 0 Å². The lowest BCUT2D eigenvalue weighted by atomic mass is 9.94. The Hall–Kier alpha value is -3.01. The van der Waals surface area contributed by atoms with E-state index in [1.165, 1.54) is 7.11 Å². The molecule has 2 fully saturated rings. The fraction of sp³-hybridized carbons (Fsp3) is 0.609. The van der Waals surface area contributed by atoms with Crippen molar-refractivity contribution in [1.82, 2.24) is 25.8 Å². The molecule has 33 heavy (non-hydrogen) atoms. The largest absolute Gasteiger partial charge is 0.467 e. The van der Waals surface area contributed by atoms with Gasteiger partial charge in [0.05, 0.1) is 13.2 Å². The number of ether oxygens (including phenoxy) is 1. The Morgan fingerprint density at radius 1 is 1.18 bits per heavy atom. The summed E-state index contributed by atoms with van der Waals surface area (Å²) in [5.41, 5.74) is 0.477. The summed E-state index contributed by atoms with van der Waals surface area (Å²) in [4.78, 5) is 56.8. The third-order valence-electron chi connectivity index (χ3n) is 6.24. The van der Waals surface area contributed by atoms with Crippen LogP contribution in [0.5, 0.6) is 0 Å². The van der Waals surface area contributed by atoms with Gasteiger partial charge >= 0.3 is 5.97 Å². The predicted molar refractivity (Wildman–Crippen MR) is 120 cm³/mol. The van der Waals surface area contributed by atoms with Gasteiger partial charge in [0, 0.05) is 30.5 Å². The van der Waals surface area contributed by atoms with Crippen LogP contribution >= 0.6 is 0 Å². The Morgan fingerprint density at radius 3 is 2.52 bits per heavy atom. The Balaban J connectivity index is 1.76. The van der Waals surface area contributed by atoms with Crippen molar-refractivity contribution in [2.75, 3.05) is 20.2 Å². The SMILES string of the molecule is COC(=O)[C@H](NC(=O)[C@@H]1C[C@@H](NC(=O)c2ccncc2)CCN1C(=O)[C@H]1CCCN1)C(C)C. The van der Waals surface area contributed by atoms with Crippen LogP contribution < -0.4 is 16.0 Å². The molecular formula is C23H33N5O5. The van der Waals surface area contributed by atoms with Crippen molar-refractivity contribution in [3.8, 4) is 0 Å². The van der Waals surface area contributed by atoms with Crippen LogP contribution in [0.25, 0.3) is 0 Å². The summed E-state index contributed by atoms with van der Waals surface area (Å²) in [6.07, 6.45) is 5.50. The molecule has 2 aliphatic heterocycles. The molecule has 0 spiro atoms. The van der Waals surface area contributed by atoms with Gasteiger partial charge in [-0.3, -0.25) is 19.4 Å². The summed E-state index contributed by atoms with van der Waals surface area (Å²) in [7, 11) is 1.27. The Morgan fingerprint density at radius 2 is 1.91 bits per heavy atom. The third kappa shape index (κ3) is 6.07. The van der Waals surface area contributed by atoms with Crippen LogP contribution in [0.1, 0.15) is 49.9 Å². The van der Waals surface area contributed by atoms with Crippen LogP contribution in [-0.4, -0.2) is 77.9 Å². The lowest BCUT2D eigenvalue weighted by Crippen LogP contribution is -2.61. The highest BCUT2D eigenvalue weighted by Gasteiger charge is 2.41. The lowest BCUT2D eigenvalue weighted by Gasteiger charge is -2.40. The van der Waals surface area contributed by atoms with Crippen molar-refractivity contribution >= 4 is 23.7 Å². The molecular weight excluding hydrogens is 426 g/mol. The van der Waals surface area contributed by atoms with Crippen molar-refractivity contribution in [2.45, 2.75) is 63.7 Å². The van der Waals surface area contributed by atoms with Gasteiger partial charge < -0.3 is 25.6 Å². The van der Waals surface area contributed by atoms with E-state index in [9.17, 15) is 19.2 Å². The molecule has 0 unspecified atom stereocenters. The zero-order valence-electron chi connectivity index (χ0n) is 19.4. The minimum absolute atomic E-state index is 0.120. The van der Waals surface area contributed by atoms with Gasteiger partial charge in [-0.2, -0.15) is 0 Å². The molecule has 0 saturated carbocycles. The normalized spacial score (nSPS) is 23.6. The number of likely N-dealkylation sites (tertiary alicyclic amines) is 1. The maximum absolute atomic E-state index is 13.3. The number of pyridine rings is 1. The van der Waals surface area contributed by atoms with E-state index < -0.39 is 24.0 Å². The first-order valence-electron chi connectivity index (χ1n) is 11.4. The number of aromatic nitrogens is 1. The highest BCUT2D eigenvalue weighted by molar-refractivity contribution is 5.95. The van der Waals surface area contributed by atoms with E-state index in [4.69, 9.17) is 4.74 Å². The van der Waals surface area contributed by atoms with Gasteiger partial charge in [0.1, 0.15) is 12.1 Å². The first-order chi connectivity index (χ1) is 15.8. The molecule has 180 valence electrons. The lowest BCUT2D eigenvalue weighted by molar-refractivity contribution is -0.149. The molecule has 1 aromatic rings. The molecule has 2 aliphatic rings. The van der Waals surface area contributed by atoms with E-state index >= 15 is 0 Å². The van der Waals surface area contributed by atoms with Crippen LogP contribution in [0.4, 0.5) is 0 Å². The van der Waals surface area contributed by atoms with Gasteiger partial charge in [-0.15, -0.1) is 0 Å². The van der Waals surface area contributed by atoms with Crippen molar-refractivity contribution in [2.24, 2.45) is 5.92 Å². The monoisotopic (exact) mass is 459 g/mol. The van der Waals surface area contributed by atoms with Gasteiger partial charge in [0.15, 0.2) is 0 Å². The van der Waals surface area contributed by atoms with E-state index in [2.05, 4.69) is 20.9 Å². The number of rotatable bonds is 7. The molecule has 0 aromatic carbocycles. The number of carbonyl (C=O) groups is 4. The number of hydrogen-bond acceptors (Lipinski definition) is 7. The Labute approximate surface area is 193 Å². The van der Waals surface area contributed by atoms with Crippen LogP contribution in [0, 0.1) is 5.92 Å². The molecule has 3 N–H and O–H groups in total. The molecule has 0 radical (unpaired) electrons. The van der Waals surface area contributed by atoms with E-state index in [0.717, 1.165) is 19.4 Å². The minimum atomic E-state index is -0.823. The van der Waals surface area contributed by atoms with E-state index in [-0.39, 0.29) is 36.2 Å². The van der Waals surface area contributed by atoms with Gasteiger partial charge in [-0.1, -0.05) is 13.8 Å². The number of hydrogen-bond donors (Lipinski definition) is 3. The van der Waals surface area contributed by atoms with E-state index in [1.807, 2.05) is 13.8 Å². The van der Waals surface area contributed by atoms with Crippen LogP contribution in [0.3, 0.4) is 0 Å². The van der Waals surface area contributed by atoms with Crippen molar-refractivity contribution in [1.29, 1.82) is 0 Å². The first kappa shape index (κ1) is 24.6. The summed E-state index contributed by atoms with van der Waals surface area (Å²) in [5, 5.41) is 8.93. The van der Waals surface area contributed by atoms with Crippen molar-refractivity contribution in [3.05, 3.63) is 30.1 Å². The molecule has 3 rings (SSSR count). The summed E-state index contributed by atoms with van der Waals surface area (Å²) in [6, 6.07) is 1.00. The average molecular weight is 460 g/mol. The predicted octanol–water partition coefficient (Wildman–Crippen LogP) is 0.237. The highest BCUT2D eigenvalue weighted by atomic mass is 16.5. The minimum Gasteiger partial charge on any atom is -0.467 e. The quantitative estimate of drug-likeness (QED) is 0.498. The van der Waals surface area contributed by atoms with Gasteiger partial charge in [0.2, 0.25) is 11.8 Å².